The molecule has 3 rings (SSSR count). The SMILES string of the molecule is O=C1c2c(O)c(O)c(I)c(=O)n2CCN1Cc1ccc(F)cc1. The Morgan fingerprint density at radius 2 is 1.74 bits per heavy atom. The molecular formula is C15H12FIN2O4. The largest absolute Gasteiger partial charge is 0.503 e. The van der Waals surface area contributed by atoms with Gasteiger partial charge in [0.25, 0.3) is 11.5 Å². The molecule has 0 spiro atoms. The zero-order valence-corrected chi connectivity index (χ0v) is 13.9. The number of carbonyl (C=O) groups excluding carboxylic acids is 1. The summed E-state index contributed by atoms with van der Waals surface area (Å²) in [6.45, 7) is 0.716. The van der Waals surface area contributed by atoms with E-state index >= 15 is 0 Å². The molecule has 1 aliphatic rings. The Labute approximate surface area is 143 Å². The van der Waals surface area contributed by atoms with Crippen molar-refractivity contribution in [3.8, 4) is 11.5 Å². The highest BCUT2D eigenvalue weighted by Crippen LogP contribution is 2.33. The maximum absolute atomic E-state index is 12.9. The molecule has 0 aliphatic carbocycles. The Hall–Kier alpha value is -2.10. The maximum Gasteiger partial charge on any atom is 0.274 e. The van der Waals surface area contributed by atoms with Gasteiger partial charge < -0.3 is 15.1 Å². The number of aromatic nitrogens is 1. The number of hydrogen-bond acceptors (Lipinski definition) is 4. The van der Waals surface area contributed by atoms with Gasteiger partial charge in [0.15, 0.2) is 17.2 Å². The smallest absolute Gasteiger partial charge is 0.274 e. The molecule has 1 aromatic heterocycles. The van der Waals surface area contributed by atoms with Crippen LogP contribution in [-0.4, -0.2) is 32.1 Å². The summed E-state index contributed by atoms with van der Waals surface area (Å²) in [6.07, 6.45) is 0. The minimum atomic E-state index is -0.595. The van der Waals surface area contributed by atoms with Crippen LogP contribution in [0.4, 0.5) is 4.39 Å². The first-order valence-electron chi connectivity index (χ1n) is 6.78. The van der Waals surface area contributed by atoms with Gasteiger partial charge in [0.2, 0.25) is 0 Å². The molecule has 8 heteroatoms. The van der Waals surface area contributed by atoms with Crippen molar-refractivity contribution in [2.45, 2.75) is 13.1 Å². The molecule has 1 amide bonds. The lowest BCUT2D eigenvalue weighted by Gasteiger charge is -2.30. The highest BCUT2D eigenvalue weighted by atomic mass is 127. The first-order valence-corrected chi connectivity index (χ1v) is 7.86. The number of rotatable bonds is 2. The fourth-order valence-corrected chi connectivity index (χ4v) is 3.08. The van der Waals surface area contributed by atoms with Crippen LogP contribution >= 0.6 is 22.6 Å². The second-order valence-electron chi connectivity index (χ2n) is 5.17. The minimum absolute atomic E-state index is 0.0244. The fraction of sp³-hybridized carbons (Fsp3) is 0.200. The van der Waals surface area contributed by atoms with Crippen LogP contribution in [0.15, 0.2) is 29.1 Å². The van der Waals surface area contributed by atoms with Crippen LogP contribution in [0.25, 0.3) is 0 Å². The monoisotopic (exact) mass is 430 g/mol. The molecule has 2 aromatic rings. The molecule has 2 N–H and O–H groups in total. The predicted octanol–water partition coefficient (Wildman–Crippen LogP) is 1.66. The number of hydrogen-bond donors (Lipinski definition) is 2. The van der Waals surface area contributed by atoms with Crippen LogP contribution in [0.1, 0.15) is 16.1 Å². The number of amides is 1. The first-order chi connectivity index (χ1) is 10.9. The molecule has 1 aromatic carbocycles. The van der Waals surface area contributed by atoms with Gasteiger partial charge in [-0.1, -0.05) is 12.1 Å². The average molecular weight is 430 g/mol. The molecule has 0 fully saturated rings. The van der Waals surface area contributed by atoms with Crippen LogP contribution in [-0.2, 0) is 13.1 Å². The van der Waals surface area contributed by atoms with Crippen LogP contribution in [0.3, 0.4) is 0 Å². The molecule has 0 bridgehead atoms. The zero-order chi connectivity index (χ0) is 16.7. The van der Waals surface area contributed by atoms with E-state index in [4.69, 9.17) is 0 Å². The summed E-state index contributed by atoms with van der Waals surface area (Å²) in [4.78, 5) is 26.1. The van der Waals surface area contributed by atoms with Gasteiger partial charge in [-0.15, -0.1) is 0 Å². The molecule has 1 aliphatic heterocycles. The van der Waals surface area contributed by atoms with Crippen LogP contribution < -0.4 is 5.56 Å². The second-order valence-corrected chi connectivity index (χ2v) is 6.25. The summed E-state index contributed by atoms with van der Waals surface area (Å²) in [5, 5.41) is 19.8. The Bertz CT molecular complexity index is 848. The fourth-order valence-electron chi connectivity index (χ4n) is 2.53. The summed E-state index contributed by atoms with van der Waals surface area (Å²) in [7, 11) is 0. The minimum Gasteiger partial charge on any atom is -0.503 e. The van der Waals surface area contributed by atoms with E-state index in [-0.39, 0.29) is 34.7 Å². The van der Waals surface area contributed by atoms with Crippen LogP contribution in [0.2, 0.25) is 0 Å². The van der Waals surface area contributed by atoms with Gasteiger partial charge in [-0.2, -0.15) is 0 Å². The van der Waals surface area contributed by atoms with E-state index in [1.165, 1.54) is 21.6 Å². The normalized spacial score (nSPS) is 14.0. The number of nitrogens with zero attached hydrogens (tertiary/aromatic N) is 2. The summed E-state index contributed by atoms with van der Waals surface area (Å²) >= 11 is 1.63. The standard InChI is InChI=1S/C15H12FIN2O4/c16-9-3-1-8(2-4-9)7-18-5-6-19-11(15(18)23)13(21)12(20)10(17)14(19)22/h1-4,20-21H,5-7H2. The molecule has 120 valence electrons. The molecule has 23 heavy (non-hydrogen) atoms. The third-order valence-corrected chi connectivity index (χ3v) is 4.70. The van der Waals surface area contributed by atoms with E-state index in [1.807, 2.05) is 0 Å². The lowest BCUT2D eigenvalue weighted by Crippen LogP contribution is -2.44. The number of fused-ring (bicyclic) bond motifs is 1. The van der Waals surface area contributed by atoms with Gasteiger partial charge in [0.05, 0.1) is 0 Å². The Morgan fingerprint density at radius 1 is 1.09 bits per heavy atom. The predicted molar refractivity (Wildman–Crippen MR) is 87.9 cm³/mol. The molecule has 6 nitrogen and oxygen atoms in total. The van der Waals surface area contributed by atoms with Crippen molar-refractivity contribution < 1.29 is 19.4 Å². The number of carbonyl (C=O) groups is 1. The van der Waals surface area contributed by atoms with Gasteiger partial charge >= 0.3 is 0 Å². The molecular weight excluding hydrogens is 418 g/mol. The van der Waals surface area contributed by atoms with Gasteiger partial charge in [-0.05, 0) is 40.3 Å². The van der Waals surface area contributed by atoms with E-state index in [0.29, 0.717) is 0 Å². The van der Waals surface area contributed by atoms with Crippen molar-refractivity contribution in [1.82, 2.24) is 9.47 Å². The number of benzene rings is 1. The third kappa shape index (κ3) is 2.67. The maximum atomic E-state index is 12.9. The summed E-state index contributed by atoms with van der Waals surface area (Å²) in [6, 6.07) is 5.73. The number of halogens is 2. The van der Waals surface area contributed by atoms with Gasteiger partial charge in [0.1, 0.15) is 9.39 Å². The topological polar surface area (TPSA) is 82.8 Å². The molecule has 0 saturated heterocycles. The Morgan fingerprint density at radius 3 is 2.39 bits per heavy atom. The van der Waals surface area contributed by atoms with E-state index in [9.17, 15) is 24.2 Å². The Balaban J connectivity index is 1.98. The summed E-state index contributed by atoms with van der Waals surface area (Å²) in [5.41, 5.74) is -0.00303. The summed E-state index contributed by atoms with van der Waals surface area (Å²) < 4.78 is 14.1. The van der Waals surface area contributed by atoms with Crippen molar-refractivity contribution in [1.29, 1.82) is 0 Å². The van der Waals surface area contributed by atoms with E-state index in [0.717, 1.165) is 5.56 Å². The molecule has 0 saturated carbocycles. The lowest BCUT2D eigenvalue weighted by molar-refractivity contribution is 0.0679. The van der Waals surface area contributed by atoms with Gasteiger partial charge in [-0.3, -0.25) is 14.2 Å². The molecule has 2 heterocycles. The number of aromatic hydroxyl groups is 2. The van der Waals surface area contributed by atoms with Crippen molar-refractivity contribution in [2.75, 3.05) is 6.54 Å². The Kier molecular flexibility index (Phi) is 4.00. The van der Waals surface area contributed by atoms with E-state index in [1.54, 1.807) is 34.7 Å². The van der Waals surface area contributed by atoms with E-state index < -0.39 is 23.0 Å². The molecule has 0 radical (unpaired) electrons. The third-order valence-electron chi connectivity index (χ3n) is 3.73. The lowest BCUT2D eigenvalue weighted by atomic mass is 10.1. The van der Waals surface area contributed by atoms with Crippen molar-refractivity contribution in [3.63, 3.8) is 0 Å². The highest BCUT2D eigenvalue weighted by molar-refractivity contribution is 14.1. The number of pyridine rings is 1. The molecule has 0 unspecified atom stereocenters. The van der Waals surface area contributed by atoms with Crippen LogP contribution in [0, 0.1) is 9.39 Å². The van der Waals surface area contributed by atoms with Crippen molar-refractivity contribution in [2.24, 2.45) is 0 Å². The quantitative estimate of drug-likeness (QED) is 0.711. The highest BCUT2D eigenvalue weighted by Gasteiger charge is 2.31. The van der Waals surface area contributed by atoms with Gasteiger partial charge in [-0.25, -0.2) is 4.39 Å². The van der Waals surface area contributed by atoms with Crippen LogP contribution in [0.5, 0.6) is 11.5 Å². The van der Waals surface area contributed by atoms with Gasteiger partial charge in [0, 0.05) is 19.6 Å². The van der Waals surface area contributed by atoms with Crippen molar-refractivity contribution >= 4 is 28.5 Å². The molecule has 0 atom stereocenters. The van der Waals surface area contributed by atoms with E-state index in [2.05, 4.69) is 0 Å². The zero-order valence-electron chi connectivity index (χ0n) is 11.8. The average Bonchev–Trinajstić information content (AvgIpc) is 2.54. The summed E-state index contributed by atoms with van der Waals surface area (Å²) in [5.74, 6) is -2.10. The van der Waals surface area contributed by atoms with Crippen molar-refractivity contribution in [3.05, 3.63) is 55.3 Å². The first kappa shape index (κ1) is 15.8. The second kappa shape index (κ2) is 5.84.